The van der Waals surface area contributed by atoms with Crippen LogP contribution in [0.3, 0.4) is 0 Å². The number of carbonyl (C=O) groups is 2. The van der Waals surface area contributed by atoms with Gasteiger partial charge in [-0.1, -0.05) is 24.3 Å². The second kappa shape index (κ2) is 10.8. The Labute approximate surface area is 175 Å². The number of nitrogens with two attached hydrogens (primary N) is 1. The smallest absolute Gasteiger partial charge is 0.305 e. The number of benzene rings is 2. The van der Waals surface area contributed by atoms with E-state index >= 15 is 0 Å². The van der Waals surface area contributed by atoms with Crippen molar-refractivity contribution < 1.29 is 24.5 Å². The molecule has 0 aliphatic carbocycles. The zero-order chi connectivity index (χ0) is 22.1. The van der Waals surface area contributed by atoms with Crippen molar-refractivity contribution in [3.05, 3.63) is 59.2 Å². The number of amides is 1. The number of aryl methyl sites for hydroxylation is 1. The number of hydrogen-bond donors (Lipinski definition) is 5. The predicted molar refractivity (Wildman–Crippen MR) is 113 cm³/mol. The number of nitrogen functional groups attached to an aromatic ring is 1. The number of aliphatic carboxylic acids is 1. The van der Waals surface area contributed by atoms with Gasteiger partial charge in [0, 0.05) is 23.6 Å². The Balaban J connectivity index is 1.88. The van der Waals surface area contributed by atoms with Crippen LogP contribution in [0.1, 0.15) is 48.4 Å². The zero-order valence-electron chi connectivity index (χ0n) is 16.9. The predicted octanol–water partition coefficient (Wildman–Crippen LogP) is 2.73. The molecule has 0 aliphatic heterocycles. The van der Waals surface area contributed by atoms with Crippen LogP contribution < -0.4 is 15.8 Å². The monoisotopic (exact) mass is 413 g/mol. The van der Waals surface area contributed by atoms with Crippen LogP contribution in [0, 0.1) is 5.41 Å². The first kappa shape index (κ1) is 22.7. The molecule has 6 N–H and O–H groups in total. The Morgan fingerprint density at radius 3 is 2.43 bits per heavy atom. The quantitative estimate of drug-likeness (QED) is 0.217. The molecule has 0 aliphatic rings. The molecule has 0 aromatic heterocycles. The zero-order valence-corrected chi connectivity index (χ0v) is 16.9. The second-order valence-electron chi connectivity index (χ2n) is 6.96. The van der Waals surface area contributed by atoms with Crippen molar-refractivity contribution >= 4 is 17.7 Å². The summed E-state index contributed by atoms with van der Waals surface area (Å²) in [5.74, 6) is -1.02. The Hall–Kier alpha value is -3.55. The molecular weight excluding hydrogens is 386 g/mol. The highest BCUT2D eigenvalue weighted by molar-refractivity contribution is 5.94. The van der Waals surface area contributed by atoms with Crippen LogP contribution in [0.15, 0.2) is 42.5 Å². The van der Waals surface area contributed by atoms with Gasteiger partial charge in [0.25, 0.3) is 0 Å². The molecule has 0 bridgehead atoms. The molecule has 0 heterocycles. The first-order valence-corrected chi connectivity index (χ1v) is 9.61. The van der Waals surface area contributed by atoms with Crippen LogP contribution in [0.5, 0.6) is 11.5 Å². The minimum Gasteiger partial charge on any atom is -0.507 e. The van der Waals surface area contributed by atoms with Crippen molar-refractivity contribution in [1.82, 2.24) is 5.32 Å². The Morgan fingerprint density at radius 1 is 1.17 bits per heavy atom. The SMILES string of the molecule is COc1ccc(C(CC(=O)O)NC(=O)CCCCc2ccc(C(=N)N)cc2)c(O)c1. The van der Waals surface area contributed by atoms with E-state index in [-0.39, 0.29) is 30.3 Å². The maximum absolute atomic E-state index is 12.3. The summed E-state index contributed by atoms with van der Waals surface area (Å²) in [6, 6.07) is 11.1. The van der Waals surface area contributed by atoms with Crippen LogP contribution in [0.25, 0.3) is 0 Å². The molecule has 0 spiro atoms. The van der Waals surface area contributed by atoms with Gasteiger partial charge in [-0.3, -0.25) is 15.0 Å². The number of phenolic OH excluding ortho intramolecular Hbond substituents is 1. The second-order valence-corrected chi connectivity index (χ2v) is 6.96. The van der Waals surface area contributed by atoms with Gasteiger partial charge in [0.1, 0.15) is 17.3 Å². The largest absolute Gasteiger partial charge is 0.507 e. The van der Waals surface area contributed by atoms with Crippen LogP contribution in [-0.4, -0.2) is 35.0 Å². The highest BCUT2D eigenvalue weighted by atomic mass is 16.5. The van der Waals surface area contributed by atoms with Gasteiger partial charge in [0.05, 0.1) is 19.6 Å². The molecule has 1 unspecified atom stereocenters. The van der Waals surface area contributed by atoms with Crippen molar-refractivity contribution in [3.8, 4) is 11.5 Å². The fourth-order valence-electron chi connectivity index (χ4n) is 3.09. The molecule has 0 saturated carbocycles. The molecule has 2 rings (SSSR count). The highest BCUT2D eigenvalue weighted by Gasteiger charge is 2.21. The number of aromatic hydroxyl groups is 1. The minimum absolute atomic E-state index is 0.0250. The lowest BCUT2D eigenvalue weighted by Crippen LogP contribution is -2.30. The van der Waals surface area contributed by atoms with Crippen LogP contribution in [0.4, 0.5) is 0 Å². The summed E-state index contributed by atoms with van der Waals surface area (Å²) in [4.78, 5) is 23.5. The molecule has 0 fully saturated rings. The number of carbonyl (C=O) groups excluding carboxylic acids is 1. The van der Waals surface area contributed by atoms with Crippen molar-refractivity contribution in [2.45, 2.75) is 38.1 Å². The molecule has 0 radical (unpaired) electrons. The summed E-state index contributed by atoms with van der Waals surface area (Å²) in [6.45, 7) is 0. The van der Waals surface area contributed by atoms with E-state index in [1.807, 2.05) is 12.1 Å². The fraction of sp³-hybridized carbons (Fsp3) is 0.318. The van der Waals surface area contributed by atoms with Gasteiger partial charge < -0.3 is 26.0 Å². The third-order valence-corrected chi connectivity index (χ3v) is 4.71. The molecular formula is C22H27N3O5. The molecule has 160 valence electrons. The van der Waals surface area contributed by atoms with Crippen molar-refractivity contribution in [1.29, 1.82) is 5.41 Å². The van der Waals surface area contributed by atoms with E-state index in [4.69, 9.17) is 21.0 Å². The Kier molecular flexibility index (Phi) is 8.22. The standard InChI is InChI=1S/C22H27N3O5/c1-30-16-10-11-17(19(26)12-16)18(13-21(28)29)25-20(27)5-3-2-4-14-6-8-15(9-7-14)22(23)24/h6-12,18,26H,2-5,13H2,1H3,(H3,23,24)(H,25,27)(H,28,29). The number of carboxylic acids is 1. The average molecular weight is 413 g/mol. The van der Waals surface area contributed by atoms with Gasteiger partial charge in [0.15, 0.2) is 0 Å². The van der Waals surface area contributed by atoms with Crippen LogP contribution >= 0.6 is 0 Å². The lowest BCUT2D eigenvalue weighted by atomic mass is 10.0. The maximum atomic E-state index is 12.3. The average Bonchev–Trinajstić information content (AvgIpc) is 2.70. The summed E-state index contributed by atoms with van der Waals surface area (Å²) >= 11 is 0. The van der Waals surface area contributed by atoms with E-state index < -0.39 is 12.0 Å². The number of rotatable bonds is 11. The summed E-state index contributed by atoms with van der Waals surface area (Å²) < 4.78 is 5.03. The van der Waals surface area contributed by atoms with Crippen LogP contribution in [-0.2, 0) is 16.0 Å². The molecule has 2 aromatic carbocycles. The third kappa shape index (κ3) is 6.80. The number of hydrogen-bond acceptors (Lipinski definition) is 5. The number of amidine groups is 1. The van der Waals surface area contributed by atoms with Crippen molar-refractivity contribution in [2.75, 3.05) is 7.11 Å². The fourth-order valence-corrected chi connectivity index (χ4v) is 3.09. The van der Waals surface area contributed by atoms with Gasteiger partial charge in [-0.25, -0.2) is 0 Å². The Morgan fingerprint density at radius 2 is 1.87 bits per heavy atom. The molecule has 8 heteroatoms. The third-order valence-electron chi connectivity index (χ3n) is 4.71. The van der Waals surface area contributed by atoms with Gasteiger partial charge in [-0.15, -0.1) is 0 Å². The van der Waals surface area contributed by atoms with E-state index in [1.54, 1.807) is 24.3 Å². The van der Waals surface area contributed by atoms with Gasteiger partial charge in [-0.05, 0) is 37.0 Å². The van der Waals surface area contributed by atoms with Gasteiger partial charge in [0.2, 0.25) is 5.91 Å². The number of ether oxygens (including phenoxy) is 1. The number of unbranched alkanes of at least 4 members (excludes halogenated alkanes) is 1. The normalized spacial score (nSPS) is 11.5. The van der Waals surface area contributed by atoms with Crippen LogP contribution in [0.2, 0.25) is 0 Å². The molecule has 1 atom stereocenters. The highest BCUT2D eigenvalue weighted by Crippen LogP contribution is 2.30. The number of methoxy groups -OCH3 is 1. The number of nitrogens with one attached hydrogen (secondary N) is 2. The van der Waals surface area contributed by atoms with E-state index in [9.17, 15) is 14.7 Å². The Bertz CT molecular complexity index is 896. The first-order chi connectivity index (χ1) is 14.3. The van der Waals surface area contributed by atoms with Crippen molar-refractivity contribution in [3.63, 3.8) is 0 Å². The lowest BCUT2D eigenvalue weighted by Gasteiger charge is -2.19. The molecule has 1 amide bonds. The summed E-state index contributed by atoms with van der Waals surface area (Å²) in [7, 11) is 1.46. The summed E-state index contributed by atoms with van der Waals surface area (Å²) in [6.07, 6.45) is 2.11. The van der Waals surface area contributed by atoms with E-state index in [1.165, 1.54) is 13.2 Å². The van der Waals surface area contributed by atoms with E-state index in [0.29, 0.717) is 23.3 Å². The number of carboxylic acid groups (broad SMARTS) is 1. The molecule has 8 nitrogen and oxygen atoms in total. The summed E-state index contributed by atoms with van der Waals surface area (Å²) in [5.41, 5.74) is 7.53. The molecule has 0 saturated heterocycles. The summed E-state index contributed by atoms with van der Waals surface area (Å²) in [5, 5.41) is 29.4. The molecule has 2 aromatic rings. The lowest BCUT2D eigenvalue weighted by molar-refractivity contribution is -0.137. The van der Waals surface area contributed by atoms with E-state index in [2.05, 4.69) is 5.32 Å². The van der Waals surface area contributed by atoms with Gasteiger partial charge in [-0.2, -0.15) is 0 Å². The van der Waals surface area contributed by atoms with E-state index in [0.717, 1.165) is 18.4 Å². The minimum atomic E-state index is -1.08. The first-order valence-electron chi connectivity index (χ1n) is 9.61. The number of phenols is 1. The topological polar surface area (TPSA) is 146 Å². The maximum Gasteiger partial charge on any atom is 0.305 e. The van der Waals surface area contributed by atoms with Gasteiger partial charge >= 0.3 is 5.97 Å². The van der Waals surface area contributed by atoms with Crippen molar-refractivity contribution in [2.24, 2.45) is 5.73 Å². The molecule has 30 heavy (non-hydrogen) atoms.